The molecule has 1 rings (SSSR count). The predicted octanol–water partition coefficient (Wildman–Crippen LogP) is -0.691. The Morgan fingerprint density at radius 1 is 1.62 bits per heavy atom. The minimum absolute atomic E-state index is 0.112. The van der Waals surface area contributed by atoms with Crippen molar-refractivity contribution in [3.05, 3.63) is 10.4 Å². The fourth-order valence-electron chi connectivity index (χ4n) is 1.12. The molecule has 2 N–H and O–H groups in total. The second kappa shape index (κ2) is 4.07. The van der Waals surface area contributed by atoms with Gasteiger partial charge in [0.15, 0.2) is 6.10 Å². The van der Waals surface area contributed by atoms with E-state index in [-0.39, 0.29) is 6.61 Å². The van der Waals surface area contributed by atoms with Crippen LogP contribution in [0.1, 0.15) is 0 Å². The minimum Gasteiger partial charge on any atom is -0.390 e. The van der Waals surface area contributed by atoms with E-state index in [0.29, 0.717) is 0 Å². The molecule has 1 heterocycles. The van der Waals surface area contributed by atoms with E-state index in [1.165, 1.54) is 0 Å². The van der Waals surface area contributed by atoms with E-state index >= 15 is 0 Å². The third-order valence-electron chi connectivity index (χ3n) is 1.81. The lowest BCUT2D eigenvalue weighted by Gasteiger charge is -2.32. The van der Waals surface area contributed by atoms with Crippen LogP contribution in [0.2, 0.25) is 0 Å². The molecule has 0 aromatic heterocycles. The van der Waals surface area contributed by atoms with Crippen LogP contribution in [0, 0.1) is 11.3 Å². The summed E-state index contributed by atoms with van der Waals surface area (Å²) >= 11 is 0. The van der Waals surface area contributed by atoms with Crippen molar-refractivity contribution >= 4 is 0 Å². The Morgan fingerprint density at radius 2 is 2.31 bits per heavy atom. The zero-order valence-electron chi connectivity index (χ0n) is 6.61. The van der Waals surface area contributed by atoms with E-state index in [2.05, 4.69) is 10.0 Å². The van der Waals surface area contributed by atoms with Gasteiger partial charge in [-0.05, 0) is 5.53 Å². The van der Waals surface area contributed by atoms with E-state index < -0.39 is 24.4 Å². The lowest BCUT2D eigenvalue weighted by Crippen LogP contribution is -2.51. The molecule has 0 radical (unpaired) electrons. The summed E-state index contributed by atoms with van der Waals surface area (Å²) in [5, 5.41) is 30.3. The molecule has 70 valence electrons. The molecule has 13 heavy (non-hydrogen) atoms. The standard InChI is InChI=1S/C6H8N4O3/c7-1-4-6(12)5(9-10-8)3(11)2-13-4/h3-6,11-12H,2H2. The normalized spacial score (nSPS) is 38.8. The Hall–Kier alpha value is -1.32. The van der Waals surface area contributed by atoms with E-state index in [1.54, 1.807) is 6.07 Å². The van der Waals surface area contributed by atoms with E-state index in [9.17, 15) is 10.2 Å². The molecule has 0 aromatic rings. The molecule has 0 bridgehead atoms. The summed E-state index contributed by atoms with van der Waals surface area (Å²) in [6.07, 6.45) is -3.38. The van der Waals surface area contributed by atoms with Gasteiger partial charge in [0.05, 0.1) is 24.8 Å². The fourth-order valence-corrected chi connectivity index (χ4v) is 1.12. The van der Waals surface area contributed by atoms with Gasteiger partial charge in [-0.25, -0.2) is 0 Å². The average Bonchev–Trinajstić information content (AvgIpc) is 2.12. The van der Waals surface area contributed by atoms with Crippen molar-refractivity contribution in [2.75, 3.05) is 6.61 Å². The highest BCUT2D eigenvalue weighted by Gasteiger charge is 2.38. The summed E-state index contributed by atoms with van der Waals surface area (Å²) < 4.78 is 4.78. The molecular formula is C6H8N4O3. The number of nitriles is 1. The maximum atomic E-state index is 9.36. The highest BCUT2D eigenvalue weighted by Crippen LogP contribution is 2.17. The smallest absolute Gasteiger partial charge is 0.170 e. The Balaban J connectivity index is 2.78. The number of azide groups is 1. The van der Waals surface area contributed by atoms with Gasteiger partial charge in [0.1, 0.15) is 6.10 Å². The number of hydrogen-bond donors (Lipinski definition) is 2. The average molecular weight is 184 g/mol. The monoisotopic (exact) mass is 184 g/mol. The van der Waals surface area contributed by atoms with Gasteiger partial charge in [0.2, 0.25) is 0 Å². The minimum atomic E-state index is -1.27. The summed E-state index contributed by atoms with van der Waals surface area (Å²) in [5.41, 5.74) is 8.13. The summed E-state index contributed by atoms with van der Waals surface area (Å²) in [5.74, 6) is 0. The summed E-state index contributed by atoms with van der Waals surface area (Å²) in [6.45, 7) is -0.112. The predicted molar refractivity (Wildman–Crippen MR) is 40.3 cm³/mol. The number of aliphatic hydroxyl groups excluding tert-OH is 2. The maximum absolute atomic E-state index is 9.36. The number of ether oxygens (including phenoxy) is 1. The molecule has 1 aliphatic rings. The van der Waals surface area contributed by atoms with Crippen LogP contribution in [-0.4, -0.2) is 41.2 Å². The number of hydrogen-bond acceptors (Lipinski definition) is 5. The third-order valence-corrected chi connectivity index (χ3v) is 1.81. The fraction of sp³-hybridized carbons (Fsp3) is 0.833. The molecule has 7 heteroatoms. The molecular weight excluding hydrogens is 176 g/mol. The highest BCUT2D eigenvalue weighted by atomic mass is 16.5. The zero-order chi connectivity index (χ0) is 9.84. The lowest BCUT2D eigenvalue weighted by molar-refractivity contribution is -0.113. The van der Waals surface area contributed by atoms with Crippen molar-refractivity contribution in [3.8, 4) is 6.07 Å². The number of nitrogens with zero attached hydrogens (tertiary/aromatic N) is 4. The van der Waals surface area contributed by atoms with Crippen LogP contribution in [0.5, 0.6) is 0 Å². The molecule has 0 aliphatic carbocycles. The second-order valence-electron chi connectivity index (χ2n) is 2.64. The molecule has 0 aromatic carbocycles. The molecule has 4 unspecified atom stereocenters. The van der Waals surface area contributed by atoms with Gasteiger partial charge in [-0.3, -0.25) is 0 Å². The first kappa shape index (κ1) is 9.77. The van der Waals surface area contributed by atoms with Gasteiger partial charge in [-0.1, -0.05) is 5.11 Å². The summed E-state index contributed by atoms with van der Waals surface area (Å²) in [7, 11) is 0. The topological polar surface area (TPSA) is 122 Å². The van der Waals surface area contributed by atoms with Crippen molar-refractivity contribution in [2.45, 2.75) is 24.4 Å². The quantitative estimate of drug-likeness (QED) is 0.318. The first-order valence-electron chi connectivity index (χ1n) is 3.62. The van der Waals surface area contributed by atoms with Crippen molar-refractivity contribution in [1.29, 1.82) is 5.26 Å². The van der Waals surface area contributed by atoms with E-state index in [0.717, 1.165) is 0 Å². The van der Waals surface area contributed by atoms with Crippen molar-refractivity contribution < 1.29 is 14.9 Å². The van der Waals surface area contributed by atoms with Crippen LogP contribution in [0.25, 0.3) is 10.4 Å². The van der Waals surface area contributed by atoms with Crippen LogP contribution in [0.15, 0.2) is 5.11 Å². The molecule has 1 fully saturated rings. The first-order chi connectivity index (χ1) is 6.20. The van der Waals surface area contributed by atoms with Gasteiger partial charge in [0, 0.05) is 4.91 Å². The molecule has 1 saturated heterocycles. The highest BCUT2D eigenvalue weighted by molar-refractivity contribution is 5.01. The van der Waals surface area contributed by atoms with E-state index in [1.807, 2.05) is 0 Å². The first-order valence-corrected chi connectivity index (χ1v) is 3.62. The van der Waals surface area contributed by atoms with Gasteiger partial charge in [-0.15, -0.1) is 0 Å². The van der Waals surface area contributed by atoms with Crippen LogP contribution in [0.4, 0.5) is 0 Å². The van der Waals surface area contributed by atoms with Crippen molar-refractivity contribution in [2.24, 2.45) is 5.11 Å². The van der Waals surface area contributed by atoms with Crippen LogP contribution in [-0.2, 0) is 4.74 Å². The van der Waals surface area contributed by atoms with Gasteiger partial charge >= 0.3 is 0 Å². The van der Waals surface area contributed by atoms with Crippen LogP contribution < -0.4 is 0 Å². The van der Waals surface area contributed by atoms with Gasteiger partial charge < -0.3 is 14.9 Å². The number of aliphatic hydroxyl groups is 2. The lowest BCUT2D eigenvalue weighted by atomic mass is 9.99. The zero-order valence-corrected chi connectivity index (χ0v) is 6.61. The molecule has 4 atom stereocenters. The molecule has 7 nitrogen and oxygen atoms in total. The summed E-state index contributed by atoms with van der Waals surface area (Å²) in [6, 6.07) is 0.685. The maximum Gasteiger partial charge on any atom is 0.170 e. The molecule has 1 aliphatic heterocycles. The molecule has 0 spiro atoms. The van der Waals surface area contributed by atoms with Crippen LogP contribution in [0.3, 0.4) is 0 Å². The van der Waals surface area contributed by atoms with Crippen molar-refractivity contribution in [1.82, 2.24) is 0 Å². The Labute approximate surface area is 73.8 Å². The summed E-state index contributed by atoms with van der Waals surface area (Å²) in [4.78, 5) is 2.47. The number of rotatable bonds is 1. The Kier molecular flexibility index (Phi) is 3.06. The second-order valence-corrected chi connectivity index (χ2v) is 2.64. The Morgan fingerprint density at radius 3 is 2.85 bits per heavy atom. The SMILES string of the molecule is N#CC1OCC(O)C(N=[N+]=[N-])C1O. The molecule has 0 saturated carbocycles. The largest absolute Gasteiger partial charge is 0.390 e. The van der Waals surface area contributed by atoms with Gasteiger partial charge in [-0.2, -0.15) is 5.26 Å². The van der Waals surface area contributed by atoms with E-state index in [4.69, 9.17) is 15.5 Å². The Bertz CT molecular complexity index is 270. The third kappa shape index (κ3) is 1.88. The van der Waals surface area contributed by atoms with Gasteiger partial charge in [0.25, 0.3) is 0 Å². The van der Waals surface area contributed by atoms with Crippen molar-refractivity contribution in [3.63, 3.8) is 0 Å². The van der Waals surface area contributed by atoms with Crippen LogP contribution >= 0.6 is 0 Å². The molecule has 0 amide bonds.